The lowest BCUT2D eigenvalue weighted by Crippen LogP contribution is -2.47. The van der Waals surface area contributed by atoms with Crippen molar-refractivity contribution >= 4 is 29.7 Å². The van der Waals surface area contributed by atoms with Gasteiger partial charge in [0, 0.05) is 42.2 Å². The highest BCUT2D eigenvalue weighted by Crippen LogP contribution is 2.22. The van der Waals surface area contributed by atoms with Crippen molar-refractivity contribution in [2.75, 3.05) is 5.32 Å². The molecule has 1 amide bonds. The van der Waals surface area contributed by atoms with Gasteiger partial charge in [0.05, 0.1) is 5.56 Å². The first-order valence-corrected chi connectivity index (χ1v) is 21.6. The molecule has 0 aliphatic rings. The van der Waals surface area contributed by atoms with Crippen LogP contribution in [0.4, 0.5) is 15.0 Å². The van der Waals surface area contributed by atoms with Gasteiger partial charge in [-0.15, -0.1) is 0 Å². The summed E-state index contributed by atoms with van der Waals surface area (Å²) in [6.07, 6.45) is 5.23. The second-order valence-corrected chi connectivity index (χ2v) is 16.8. The smallest absolute Gasteiger partial charge is 0.407 e. The van der Waals surface area contributed by atoms with Crippen LogP contribution in [0.25, 0.3) is 0 Å². The third-order valence-corrected chi connectivity index (χ3v) is 10.3. The van der Waals surface area contributed by atoms with Crippen LogP contribution < -0.4 is 16.4 Å². The number of alkyl carbamates (subject to hydrolysis) is 1. The highest BCUT2D eigenvalue weighted by molar-refractivity contribution is 6.30. The monoisotopic (exact) mass is 856 g/mol. The predicted molar refractivity (Wildman–Crippen MR) is 246 cm³/mol. The maximum Gasteiger partial charge on any atom is 0.407 e. The summed E-state index contributed by atoms with van der Waals surface area (Å²) < 4.78 is 19.7. The fourth-order valence-corrected chi connectivity index (χ4v) is 5.36. The Hall–Kier alpha value is -4.28. The molecule has 0 spiro atoms. The van der Waals surface area contributed by atoms with E-state index in [-0.39, 0.29) is 40.7 Å². The first kappa shape index (κ1) is 55.7. The first-order valence-electron chi connectivity index (χ1n) is 21.2. The molecule has 0 unspecified atom stereocenters. The van der Waals surface area contributed by atoms with Gasteiger partial charge in [0.2, 0.25) is 0 Å². The van der Waals surface area contributed by atoms with Crippen LogP contribution in [0.5, 0.6) is 0 Å². The second-order valence-electron chi connectivity index (χ2n) is 16.4. The Morgan fingerprint density at radius 2 is 1.50 bits per heavy atom. The summed E-state index contributed by atoms with van der Waals surface area (Å²) in [7, 11) is 0. The van der Waals surface area contributed by atoms with E-state index < -0.39 is 17.5 Å². The summed E-state index contributed by atoms with van der Waals surface area (Å²) in [5.74, 6) is 0.809. The number of nitrogens with two attached hydrogens (primary N) is 1. The number of carbonyl (C=O) groups excluding carboxylic acids is 1. The molecule has 0 saturated heterocycles. The first-order chi connectivity index (χ1) is 28.1. The molecular weight excluding hydrogens is 781 g/mol. The van der Waals surface area contributed by atoms with E-state index >= 15 is 0 Å². The Labute approximate surface area is 366 Å². The molecule has 336 valence electrons. The van der Waals surface area contributed by atoms with E-state index in [0.717, 1.165) is 47.6 Å². The number of benzene rings is 2. The average Bonchev–Trinajstić information content (AvgIpc) is 3.20. The standard InChI is InChI=1S/C13H21NO.C12H15ClFN3.C12H17NO.C10H22N2O2/c1-4-11(2)12(3)14(15)10-13-8-6-5-7-9-13;1-4-7(2)8(3)16-12-10(14)5-9(6-15)11(13)17-12;1-3-11(2)9-13(14)10-12-7-5-4-6-8-12;1-6-8(7(2)11)12-9(13)14-10(3,4)5/h5-9,11-12,15H,4,10H2,1-3H3;5,7-8H,4H2,1-3H3,(H,16,17);4-9,11H,3,10H2,1-2H3;7-8H,6,11H2,1-5H3,(H,12,13)/b;;13-9-;/t11-,12+;7-,8+;11-;7-,8+/m0001/s1. The van der Waals surface area contributed by atoms with Crippen molar-refractivity contribution in [2.45, 2.75) is 159 Å². The second kappa shape index (κ2) is 29.9. The average molecular weight is 857 g/mol. The molecule has 0 fully saturated rings. The van der Waals surface area contributed by atoms with Gasteiger partial charge >= 0.3 is 6.09 Å². The van der Waals surface area contributed by atoms with Gasteiger partial charge in [-0.05, 0) is 77.8 Å². The van der Waals surface area contributed by atoms with Gasteiger partial charge in [-0.25, -0.2) is 18.9 Å². The van der Waals surface area contributed by atoms with Crippen LogP contribution in [-0.4, -0.2) is 62.1 Å². The Balaban J connectivity index is 0.000000776. The molecule has 1 aromatic heterocycles. The van der Waals surface area contributed by atoms with Gasteiger partial charge in [-0.3, -0.25) is 0 Å². The number of amides is 1. The van der Waals surface area contributed by atoms with Gasteiger partial charge < -0.3 is 31.5 Å². The molecule has 0 aliphatic heterocycles. The number of nitrogens with zero attached hydrogens (tertiary/aromatic N) is 4. The summed E-state index contributed by atoms with van der Waals surface area (Å²) in [4.78, 5) is 15.2. The van der Waals surface area contributed by atoms with Gasteiger partial charge in [0.25, 0.3) is 0 Å². The number of carbonyl (C=O) groups is 1. The third-order valence-electron chi connectivity index (χ3n) is 10.1. The quantitative estimate of drug-likeness (QED) is 0.0361. The molecule has 7 atom stereocenters. The molecule has 3 rings (SSSR count). The Bertz CT molecular complexity index is 1690. The van der Waals surface area contributed by atoms with Crippen LogP contribution in [0, 0.1) is 40.1 Å². The van der Waals surface area contributed by atoms with E-state index in [1.807, 2.05) is 102 Å². The fourth-order valence-electron chi connectivity index (χ4n) is 5.18. The number of rotatable bonds is 16. The molecule has 0 saturated carbocycles. The van der Waals surface area contributed by atoms with Crippen LogP contribution in [-0.2, 0) is 17.8 Å². The van der Waals surface area contributed by atoms with Crippen LogP contribution in [0.2, 0.25) is 5.15 Å². The molecule has 1 heterocycles. The molecule has 0 aliphatic carbocycles. The van der Waals surface area contributed by atoms with Crippen molar-refractivity contribution < 1.29 is 23.9 Å². The zero-order valence-corrected chi connectivity index (χ0v) is 39.3. The highest BCUT2D eigenvalue weighted by Gasteiger charge is 2.21. The summed E-state index contributed by atoms with van der Waals surface area (Å²) in [6.45, 7) is 27.0. The van der Waals surface area contributed by atoms with Gasteiger partial charge in [-0.1, -0.05) is 134 Å². The molecule has 2 aromatic carbocycles. The van der Waals surface area contributed by atoms with E-state index in [2.05, 4.69) is 64.1 Å². The zero-order valence-electron chi connectivity index (χ0n) is 38.5. The Morgan fingerprint density at radius 3 is 1.95 bits per heavy atom. The zero-order chi connectivity index (χ0) is 46.0. The molecule has 13 heteroatoms. The molecule has 11 nitrogen and oxygen atoms in total. The third kappa shape index (κ3) is 24.1. The van der Waals surface area contributed by atoms with Crippen LogP contribution in [0.1, 0.15) is 132 Å². The van der Waals surface area contributed by atoms with Crippen molar-refractivity contribution in [2.24, 2.45) is 23.5 Å². The Morgan fingerprint density at radius 1 is 0.967 bits per heavy atom. The number of hydrogen-bond acceptors (Lipinski definition) is 9. The maximum atomic E-state index is 13.6. The van der Waals surface area contributed by atoms with E-state index in [1.165, 1.54) is 5.06 Å². The van der Waals surface area contributed by atoms with E-state index in [9.17, 15) is 19.6 Å². The number of aromatic nitrogens is 1. The van der Waals surface area contributed by atoms with E-state index in [1.54, 1.807) is 12.3 Å². The van der Waals surface area contributed by atoms with Crippen LogP contribution >= 0.6 is 11.6 Å². The van der Waals surface area contributed by atoms with Gasteiger partial charge in [0.15, 0.2) is 24.4 Å². The lowest BCUT2D eigenvalue weighted by Gasteiger charge is -2.27. The number of pyridine rings is 1. The number of hydroxylamine groups is 3. The number of anilines is 1. The normalized spacial score (nSPS) is 14.7. The minimum Gasteiger partial charge on any atom is -0.624 e. The molecule has 0 radical (unpaired) electrons. The molecule has 60 heavy (non-hydrogen) atoms. The van der Waals surface area contributed by atoms with Gasteiger partial charge in [-0.2, -0.15) is 10.3 Å². The number of ether oxygens (including phenoxy) is 1. The lowest BCUT2D eigenvalue weighted by atomic mass is 10.0. The Kier molecular flexibility index (Phi) is 27.7. The molecule has 3 aromatic rings. The summed E-state index contributed by atoms with van der Waals surface area (Å²) >= 11 is 5.76. The predicted octanol–water partition coefficient (Wildman–Crippen LogP) is 11.4. The minimum atomic E-state index is -0.555. The van der Waals surface area contributed by atoms with Crippen molar-refractivity contribution in [1.29, 1.82) is 5.26 Å². The van der Waals surface area contributed by atoms with E-state index in [4.69, 9.17) is 27.3 Å². The SMILES string of the molecule is CC[C@H](C)/C=[N+](\[O-])Cc1ccccc1.CC[C@H](C)[C@@H](C)N(O)Cc1ccccc1.CC[C@H](C)[C@@H](C)Nc1nc(Cl)c(C#N)cc1F.CC[C@H](NC(=O)OC(C)(C)C)[C@@H](C)N. The summed E-state index contributed by atoms with van der Waals surface area (Å²) in [6, 6.07) is 22.9. The maximum absolute atomic E-state index is 13.6. The van der Waals surface area contributed by atoms with Crippen LogP contribution in [0.3, 0.4) is 0 Å². The number of halogens is 2. The largest absolute Gasteiger partial charge is 0.624 e. The van der Waals surface area contributed by atoms with Crippen molar-refractivity contribution in [1.82, 2.24) is 15.4 Å². The van der Waals surface area contributed by atoms with Crippen molar-refractivity contribution in [3.63, 3.8) is 0 Å². The van der Waals surface area contributed by atoms with E-state index in [0.29, 0.717) is 30.8 Å². The number of nitriles is 1. The summed E-state index contributed by atoms with van der Waals surface area (Å²) in [5.41, 5.74) is 7.48. The van der Waals surface area contributed by atoms with Crippen molar-refractivity contribution in [3.8, 4) is 6.07 Å². The summed E-state index contributed by atoms with van der Waals surface area (Å²) in [5, 5.41) is 37.2. The fraction of sp³-hybridized carbons (Fsp3) is 0.574. The minimum absolute atomic E-state index is 0.0211. The van der Waals surface area contributed by atoms with Gasteiger partial charge in [0.1, 0.15) is 16.8 Å². The highest BCUT2D eigenvalue weighted by atomic mass is 35.5. The number of hydrogen-bond donors (Lipinski definition) is 4. The number of nitrogens with one attached hydrogen (secondary N) is 2. The molecule has 5 N–H and O–H groups in total. The van der Waals surface area contributed by atoms with Crippen LogP contribution in [0.15, 0.2) is 66.7 Å². The lowest BCUT2D eigenvalue weighted by molar-refractivity contribution is -0.472. The molecule has 0 bridgehead atoms. The topological polar surface area (TPSA) is 163 Å². The van der Waals surface area contributed by atoms with Crippen molar-refractivity contribution in [3.05, 3.63) is 99.6 Å². The molecular formula is C47H75ClFN7O4.